The summed E-state index contributed by atoms with van der Waals surface area (Å²) >= 11 is 5.81. The maximum absolute atomic E-state index is 11.0. The van der Waals surface area contributed by atoms with Gasteiger partial charge in [0.05, 0.1) is 16.7 Å². The Morgan fingerprint density at radius 3 is 2.83 bits per heavy atom. The molecule has 8 heteroatoms. The highest BCUT2D eigenvalue weighted by atomic mass is 35.5. The monoisotopic (exact) mass is 329 g/mol. The molecule has 2 aromatic rings. The Balaban J connectivity index is 1.77. The van der Waals surface area contributed by atoms with Gasteiger partial charge in [0.1, 0.15) is 22.5 Å². The molecule has 23 heavy (non-hydrogen) atoms. The van der Waals surface area contributed by atoms with Crippen LogP contribution in [-0.2, 0) is 5.41 Å². The van der Waals surface area contributed by atoms with Crippen LogP contribution in [0.1, 0.15) is 18.5 Å². The molecule has 2 aromatic heterocycles. The molecule has 0 atom stereocenters. The van der Waals surface area contributed by atoms with Gasteiger partial charge in [-0.2, -0.15) is 5.26 Å². The third-order valence-corrected chi connectivity index (χ3v) is 4.17. The van der Waals surface area contributed by atoms with Crippen molar-refractivity contribution >= 4 is 23.0 Å². The van der Waals surface area contributed by atoms with Gasteiger partial charge in [0.25, 0.3) is 0 Å². The van der Waals surface area contributed by atoms with Gasteiger partial charge in [-0.1, -0.05) is 17.7 Å². The second-order valence-corrected chi connectivity index (χ2v) is 5.83. The third-order valence-electron chi connectivity index (χ3n) is 3.96. The van der Waals surface area contributed by atoms with E-state index in [1.54, 1.807) is 12.3 Å². The first-order chi connectivity index (χ1) is 11.0. The van der Waals surface area contributed by atoms with Crippen LogP contribution in [0.3, 0.4) is 0 Å². The van der Waals surface area contributed by atoms with E-state index in [0.717, 1.165) is 11.9 Å². The van der Waals surface area contributed by atoms with E-state index in [4.69, 9.17) is 11.6 Å². The van der Waals surface area contributed by atoms with E-state index in [1.165, 1.54) is 6.07 Å². The first-order valence-corrected chi connectivity index (χ1v) is 7.31. The van der Waals surface area contributed by atoms with Crippen LogP contribution in [0.25, 0.3) is 0 Å². The zero-order chi connectivity index (χ0) is 16.4. The van der Waals surface area contributed by atoms with Crippen molar-refractivity contribution in [3.05, 3.63) is 57.6 Å². The van der Waals surface area contributed by atoms with Crippen molar-refractivity contribution in [2.24, 2.45) is 0 Å². The summed E-state index contributed by atoms with van der Waals surface area (Å²) in [6.07, 6.45) is 3.83. The minimum atomic E-state index is -0.648. The molecule has 1 aliphatic carbocycles. The van der Waals surface area contributed by atoms with Crippen LogP contribution in [-0.4, -0.2) is 20.9 Å². The quantitative estimate of drug-likeness (QED) is 0.525. The van der Waals surface area contributed by atoms with Crippen LogP contribution in [0.5, 0.6) is 0 Å². The molecule has 2 heterocycles. The second-order valence-electron chi connectivity index (χ2n) is 5.44. The van der Waals surface area contributed by atoms with Gasteiger partial charge in [-0.05, 0) is 25.0 Å². The highest BCUT2D eigenvalue weighted by Gasteiger charge is 2.47. The number of anilines is 1. The van der Waals surface area contributed by atoms with E-state index in [9.17, 15) is 15.4 Å². The molecule has 0 spiro atoms. The number of nitrogens with zero attached hydrogens (tertiary/aromatic N) is 4. The number of halogens is 1. The standard InChI is InChI=1S/C15H12ClN5O2/c16-14-5-11(12(8-19-14)21(22)23)20-10-6-15(7-10,9-17)13-3-1-2-4-18-13/h1-5,8,10H,6-7H2,(H,19,20)/t10-,15-. The number of hydrogen-bond donors (Lipinski definition) is 1. The van der Waals surface area contributed by atoms with Gasteiger partial charge in [-0.25, -0.2) is 4.98 Å². The molecule has 1 saturated carbocycles. The summed E-state index contributed by atoms with van der Waals surface area (Å²) in [6.45, 7) is 0. The number of nitrogens with one attached hydrogen (secondary N) is 1. The Bertz CT molecular complexity index is 784. The molecular formula is C15H12ClN5O2. The lowest BCUT2D eigenvalue weighted by molar-refractivity contribution is -0.384. The summed E-state index contributed by atoms with van der Waals surface area (Å²) in [5.41, 5.74) is 0.252. The highest BCUT2D eigenvalue weighted by molar-refractivity contribution is 6.29. The Hall–Kier alpha value is -2.72. The van der Waals surface area contributed by atoms with E-state index in [-0.39, 0.29) is 16.9 Å². The van der Waals surface area contributed by atoms with Crippen molar-refractivity contribution in [2.75, 3.05) is 5.32 Å². The summed E-state index contributed by atoms with van der Waals surface area (Å²) in [5, 5.41) is 23.8. The molecule has 0 aliphatic heterocycles. The predicted octanol–water partition coefficient (Wildman–Crippen LogP) is 3.07. The van der Waals surface area contributed by atoms with Crippen molar-refractivity contribution in [1.29, 1.82) is 5.26 Å². The largest absolute Gasteiger partial charge is 0.376 e. The second kappa shape index (κ2) is 5.82. The number of nitriles is 1. The van der Waals surface area contributed by atoms with Crippen LogP contribution in [0.4, 0.5) is 11.4 Å². The SMILES string of the molecule is N#C[C@]1(c2ccccn2)C[C@H](Nc2cc(Cl)ncc2[N+](=O)[O-])C1. The van der Waals surface area contributed by atoms with Crippen LogP contribution in [0.2, 0.25) is 5.15 Å². The molecule has 1 aliphatic rings. The highest BCUT2D eigenvalue weighted by Crippen LogP contribution is 2.44. The van der Waals surface area contributed by atoms with Gasteiger partial charge in [-0.3, -0.25) is 15.1 Å². The molecule has 0 unspecified atom stereocenters. The average molecular weight is 330 g/mol. The molecule has 3 rings (SSSR count). The van der Waals surface area contributed by atoms with Crippen molar-refractivity contribution in [2.45, 2.75) is 24.3 Å². The first-order valence-electron chi connectivity index (χ1n) is 6.93. The van der Waals surface area contributed by atoms with Crippen molar-refractivity contribution in [3.63, 3.8) is 0 Å². The maximum atomic E-state index is 11.0. The Kier molecular flexibility index (Phi) is 3.84. The smallest absolute Gasteiger partial charge is 0.310 e. The number of aromatic nitrogens is 2. The lowest BCUT2D eigenvalue weighted by Gasteiger charge is -2.42. The molecule has 1 N–H and O–H groups in total. The fourth-order valence-electron chi connectivity index (χ4n) is 2.79. The maximum Gasteiger partial charge on any atom is 0.310 e. The summed E-state index contributed by atoms with van der Waals surface area (Å²) in [4.78, 5) is 18.5. The fraction of sp³-hybridized carbons (Fsp3) is 0.267. The number of pyridine rings is 2. The van der Waals surface area contributed by atoms with E-state index in [2.05, 4.69) is 21.4 Å². The van der Waals surface area contributed by atoms with Crippen LogP contribution >= 0.6 is 11.6 Å². The summed E-state index contributed by atoms with van der Waals surface area (Å²) < 4.78 is 0. The number of nitro groups is 1. The zero-order valence-corrected chi connectivity index (χ0v) is 12.7. The summed E-state index contributed by atoms with van der Waals surface area (Å²) in [6, 6.07) is 9.15. The number of rotatable bonds is 4. The molecule has 1 fully saturated rings. The van der Waals surface area contributed by atoms with Crippen molar-refractivity contribution in [1.82, 2.24) is 9.97 Å². The van der Waals surface area contributed by atoms with Gasteiger partial charge in [0, 0.05) is 18.3 Å². The van der Waals surface area contributed by atoms with Gasteiger partial charge in [-0.15, -0.1) is 0 Å². The molecule has 0 saturated heterocycles. The van der Waals surface area contributed by atoms with E-state index >= 15 is 0 Å². The van der Waals surface area contributed by atoms with Crippen molar-refractivity contribution in [3.8, 4) is 6.07 Å². The van der Waals surface area contributed by atoms with Crippen molar-refractivity contribution < 1.29 is 4.92 Å². The van der Waals surface area contributed by atoms with Crippen LogP contribution < -0.4 is 5.32 Å². The molecule has 116 valence electrons. The average Bonchev–Trinajstić information content (AvgIpc) is 2.51. The first kappa shape index (κ1) is 15.2. The number of hydrogen-bond acceptors (Lipinski definition) is 6. The molecule has 0 amide bonds. The minimum Gasteiger partial charge on any atom is -0.376 e. The van der Waals surface area contributed by atoms with E-state index in [0.29, 0.717) is 18.5 Å². The normalized spacial score (nSPS) is 22.7. The van der Waals surface area contributed by atoms with Gasteiger partial charge >= 0.3 is 5.69 Å². The van der Waals surface area contributed by atoms with Crippen LogP contribution in [0, 0.1) is 21.4 Å². The van der Waals surface area contributed by atoms with Gasteiger partial charge in [0.15, 0.2) is 0 Å². The van der Waals surface area contributed by atoms with Gasteiger partial charge in [0.2, 0.25) is 0 Å². The minimum absolute atomic E-state index is 0.0613. The lowest BCUT2D eigenvalue weighted by atomic mass is 9.64. The van der Waals surface area contributed by atoms with E-state index in [1.807, 2.05) is 12.1 Å². The van der Waals surface area contributed by atoms with Gasteiger partial charge < -0.3 is 5.32 Å². The zero-order valence-electron chi connectivity index (χ0n) is 11.9. The fourth-order valence-corrected chi connectivity index (χ4v) is 2.95. The Morgan fingerprint density at radius 2 is 2.22 bits per heavy atom. The topological polar surface area (TPSA) is 105 Å². The Labute approximate surface area is 137 Å². The van der Waals surface area contributed by atoms with E-state index < -0.39 is 10.3 Å². The molecule has 0 bridgehead atoms. The predicted molar refractivity (Wildman–Crippen MR) is 84.1 cm³/mol. The molecule has 0 aromatic carbocycles. The summed E-state index contributed by atoms with van der Waals surface area (Å²) in [7, 11) is 0. The lowest BCUT2D eigenvalue weighted by Crippen LogP contribution is -2.48. The van der Waals surface area contributed by atoms with Crippen LogP contribution in [0.15, 0.2) is 36.7 Å². The Morgan fingerprint density at radius 1 is 1.43 bits per heavy atom. The molecule has 0 radical (unpaired) electrons. The summed E-state index contributed by atoms with van der Waals surface area (Å²) in [5.74, 6) is 0. The molecular weight excluding hydrogens is 318 g/mol. The third kappa shape index (κ3) is 2.81. The molecule has 7 nitrogen and oxygen atoms in total.